The molecular weight excluding hydrogens is 595 g/mol. The number of carbonyl (C=O) groups is 1. The lowest BCUT2D eigenvalue weighted by Gasteiger charge is -2.32. The first-order chi connectivity index (χ1) is 22.0. The molecule has 6 rings (SSSR count). The summed E-state index contributed by atoms with van der Waals surface area (Å²) in [7, 11) is -3.61. The number of para-hydroxylation sites is 1. The van der Waals surface area contributed by atoms with Crippen molar-refractivity contribution in [3.8, 4) is 5.69 Å². The number of nitrogens with zero attached hydrogens (tertiary/aromatic N) is 3. The molecule has 46 heavy (non-hydrogen) atoms. The van der Waals surface area contributed by atoms with Gasteiger partial charge in [-0.1, -0.05) is 93.1 Å². The molecule has 0 aliphatic carbocycles. The van der Waals surface area contributed by atoms with Crippen molar-refractivity contribution in [3.05, 3.63) is 114 Å². The van der Waals surface area contributed by atoms with Crippen molar-refractivity contribution in [2.75, 3.05) is 23.7 Å². The van der Waals surface area contributed by atoms with Crippen LogP contribution >= 0.6 is 0 Å². The van der Waals surface area contributed by atoms with E-state index in [1.807, 2.05) is 97.9 Å². The van der Waals surface area contributed by atoms with Crippen molar-refractivity contribution in [1.82, 2.24) is 14.1 Å². The van der Waals surface area contributed by atoms with Gasteiger partial charge in [0.2, 0.25) is 10.0 Å². The summed E-state index contributed by atoms with van der Waals surface area (Å²) < 4.78 is 30.7. The molecule has 0 spiro atoms. The number of carbonyl (C=O) groups excluding carboxylic acids is 1. The van der Waals surface area contributed by atoms with Gasteiger partial charge in [-0.05, 0) is 67.3 Å². The molecule has 1 aliphatic rings. The number of hydrogen-bond donors (Lipinski definition) is 2. The number of anilines is 2. The molecule has 5 aromatic rings. The molecule has 2 N–H and O–H groups in total. The average molecular weight is 636 g/mol. The average Bonchev–Trinajstić information content (AvgIpc) is 3.46. The Bertz CT molecular complexity index is 1960. The van der Waals surface area contributed by atoms with Gasteiger partial charge in [-0.25, -0.2) is 17.9 Å². The number of sulfonamides is 1. The third kappa shape index (κ3) is 6.71. The summed E-state index contributed by atoms with van der Waals surface area (Å²) >= 11 is 0. The number of piperidine rings is 1. The fourth-order valence-electron chi connectivity index (χ4n) is 6.03. The van der Waals surface area contributed by atoms with Gasteiger partial charge in [0.1, 0.15) is 5.82 Å². The van der Waals surface area contributed by atoms with Crippen molar-refractivity contribution < 1.29 is 13.2 Å². The summed E-state index contributed by atoms with van der Waals surface area (Å²) in [5, 5.41) is 12.6. The maximum Gasteiger partial charge on any atom is 0.324 e. The number of amides is 2. The van der Waals surface area contributed by atoms with Crippen LogP contribution in [0.25, 0.3) is 16.5 Å². The van der Waals surface area contributed by atoms with Gasteiger partial charge in [0, 0.05) is 35.6 Å². The Morgan fingerprint density at radius 2 is 1.54 bits per heavy atom. The van der Waals surface area contributed by atoms with E-state index in [0.29, 0.717) is 29.7 Å². The molecule has 8 nitrogen and oxygen atoms in total. The van der Waals surface area contributed by atoms with Crippen molar-refractivity contribution >= 4 is 38.3 Å². The lowest BCUT2D eigenvalue weighted by molar-refractivity contribution is 0.261. The smallest absolute Gasteiger partial charge is 0.307 e. The second-order valence-electron chi connectivity index (χ2n) is 13.2. The first-order valence-corrected chi connectivity index (χ1v) is 17.2. The molecule has 1 aliphatic heterocycles. The van der Waals surface area contributed by atoms with Crippen LogP contribution in [0.2, 0.25) is 0 Å². The molecular formula is C37H41N5O3S. The van der Waals surface area contributed by atoms with Crippen LogP contribution in [0.1, 0.15) is 50.4 Å². The zero-order valence-electron chi connectivity index (χ0n) is 26.8. The second kappa shape index (κ2) is 12.7. The van der Waals surface area contributed by atoms with Gasteiger partial charge in [-0.3, -0.25) is 5.32 Å². The summed E-state index contributed by atoms with van der Waals surface area (Å²) in [6.07, 6.45) is 2.24. The third-order valence-corrected chi connectivity index (χ3v) is 10.7. The van der Waals surface area contributed by atoms with Gasteiger partial charge in [0.05, 0.1) is 16.3 Å². The molecule has 1 saturated heterocycles. The molecule has 1 fully saturated rings. The molecule has 2 heterocycles. The highest BCUT2D eigenvalue weighted by Gasteiger charge is 2.31. The Kier molecular flexibility index (Phi) is 8.72. The molecule has 238 valence electrons. The summed E-state index contributed by atoms with van der Waals surface area (Å²) in [5.74, 6) is 0.880. The van der Waals surface area contributed by atoms with Crippen LogP contribution in [0, 0.1) is 12.8 Å². The minimum absolute atomic E-state index is 0.195. The molecule has 2 amide bonds. The van der Waals surface area contributed by atoms with Crippen LogP contribution in [0.4, 0.5) is 16.3 Å². The quantitative estimate of drug-likeness (QED) is 0.190. The van der Waals surface area contributed by atoms with E-state index < -0.39 is 10.0 Å². The normalized spacial score (nSPS) is 14.8. The molecule has 0 bridgehead atoms. The molecule has 1 aromatic heterocycles. The molecule has 0 radical (unpaired) electrons. The van der Waals surface area contributed by atoms with Gasteiger partial charge in [0.15, 0.2) is 0 Å². The maximum absolute atomic E-state index is 13.6. The summed E-state index contributed by atoms with van der Waals surface area (Å²) in [6, 6.07) is 30.5. The Morgan fingerprint density at radius 3 is 2.28 bits per heavy atom. The molecule has 9 heteroatoms. The van der Waals surface area contributed by atoms with E-state index in [4.69, 9.17) is 5.10 Å². The fraction of sp³-hybridized carbons (Fsp3) is 0.297. The minimum atomic E-state index is -3.61. The SMILES string of the molecule is Cc1ccc(-n2nc(C(C)(C)C)cc2NC(=O)Nc2ccccc2CC2CCN(S(=O)(=O)c3cccc4ccccc34)CC2)cc1. The number of fused-ring (bicyclic) bond motifs is 1. The van der Waals surface area contributed by atoms with Crippen LogP contribution < -0.4 is 10.6 Å². The van der Waals surface area contributed by atoms with Crippen LogP contribution in [-0.4, -0.2) is 41.6 Å². The highest BCUT2D eigenvalue weighted by molar-refractivity contribution is 7.89. The molecule has 0 unspecified atom stereocenters. The predicted molar refractivity (Wildman–Crippen MR) is 185 cm³/mol. The lowest BCUT2D eigenvalue weighted by Crippen LogP contribution is -2.39. The first-order valence-electron chi connectivity index (χ1n) is 15.8. The minimum Gasteiger partial charge on any atom is -0.307 e. The van der Waals surface area contributed by atoms with Crippen molar-refractivity contribution in [2.45, 2.75) is 57.3 Å². The second-order valence-corrected chi connectivity index (χ2v) is 15.1. The van der Waals surface area contributed by atoms with Crippen LogP contribution in [0.3, 0.4) is 0 Å². The number of aryl methyl sites for hydroxylation is 1. The van der Waals surface area contributed by atoms with Gasteiger partial charge < -0.3 is 5.32 Å². The van der Waals surface area contributed by atoms with Crippen molar-refractivity contribution in [3.63, 3.8) is 0 Å². The van der Waals surface area contributed by atoms with E-state index >= 15 is 0 Å². The Hall–Kier alpha value is -4.47. The Labute approximate surface area is 271 Å². The molecule has 0 atom stereocenters. The standard InChI is InChI=1S/C37H41N5O3S/c1-26-16-18-30(19-17-26)42-35(25-34(40-42)37(2,3)4)39-36(43)38-32-14-8-6-11-29(32)24-27-20-22-41(23-21-27)46(44,45)33-15-9-12-28-10-5-7-13-31(28)33/h5-19,25,27H,20-24H2,1-4H3,(H2,38,39,43). The molecule has 0 saturated carbocycles. The van der Waals surface area contributed by atoms with E-state index in [1.165, 1.54) is 0 Å². The van der Waals surface area contributed by atoms with Gasteiger partial charge in [-0.2, -0.15) is 9.40 Å². The largest absolute Gasteiger partial charge is 0.324 e. The zero-order valence-corrected chi connectivity index (χ0v) is 27.6. The van der Waals surface area contributed by atoms with Gasteiger partial charge in [0.25, 0.3) is 0 Å². The highest BCUT2D eigenvalue weighted by atomic mass is 32.2. The highest BCUT2D eigenvalue weighted by Crippen LogP contribution is 2.32. The van der Waals surface area contributed by atoms with E-state index in [2.05, 4.69) is 31.4 Å². The third-order valence-electron chi connectivity index (χ3n) is 8.71. The number of benzene rings is 4. The first kappa shape index (κ1) is 31.5. The van der Waals surface area contributed by atoms with Gasteiger partial charge in [-0.15, -0.1) is 0 Å². The van der Waals surface area contributed by atoms with Crippen molar-refractivity contribution in [2.24, 2.45) is 5.92 Å². The molecule has 4 aromatic carbocycles. The van der Waals surface area contributed by atoms with Crippen LogP contribution in [0.5, 0.6) is 0 Å². The van der Waals surface area contributed by atoms with Crippen molar-refractivity contribution in [1.29, 1.82) is 0 Å². The number of urea groups is 1. The lowest BCUT2D eigenvalue weighted by atomic mass is 9.90. The zero-order chi connectivity index (χ0) is 32.5. The number of hydrogen-bond acceptors (Lipinski definition) is 4. The Balaban J connectivity index is 1.13. The summed E-state index contributed by atoms with van der Waals surface area (Å²) in [5.41, 5.74) is 4.45. The van der Waals surface area contributed by atoms with E-state index in [1.54, 1.807) is 15.1 Å². The summed E-state index contributed by atoms with van der Waals surface area (Å²) in [4.78, 5) is 13.7. The maximum atomic E-state index is 13.6. The summed E-state index contributed by atoms with van der Waals surface area (Å²) in [6.45, 7) is 9.25. The van der Waals surface area contributed by atoms with Crippen LogP contribution in [0.15, 0.2) is 102 Å². The topological polar surface area (TPSA) is 96.3 Å². The van der Waals surface area contributed by atoms with E-state index in [-0.39, 0.29) is 11.4 Å². The predicted octanol–water partition coefficient (Wildman–Crippen LogP) is 7.92. The fourth-order valence-corrected chi connectivity index (χ4v) is 7.72. The number of aromatic nitrogens is 2. The van der Waals surface area contributed by atoms with E-state index in [9.17, 15) is 13.2 Å². The van der Waals surface area contributed by atoms with Gasteiger partial charge >= 0.3 is 6.03 Å². The van der Waals surface area contributed by atoms with Crippen LogP contribution in [-0.2, 0) is 21.9 Å². The Morgan fingerprint density at radius 1 is 0.870 bits per heavy atom. The number of rotatable bonds is 7. The number of nitrogens with one attached hydrogen (secondary N) is 2. The monoisotopic (exact) mass is 635 g/mol. The van der Waals surface area contributed by atoms with E-state index in [0.717, 1.165) is 58.2 Å².